The topological polar surface area (TPSA) is 61.4 Å². The third kappa shape index (κ3) is 4.64. The first kappa shape index (κ1) is 16.2. The maximum atomic E-state index is 11.9. The van der Waals surface area contributed by atoms with Crippen molar-refractivity contribution in [2.24, 2.45) is 0 Å². The van der Waals surface area contributed by atoms with Gasteiger partial charge in [0.2, 0.25) is 0 Å². The van der Waals surface area contributed by atoms with Crippen LogP contribution in [0.15, 0.2) is 30.3 Å². The Labute approximate surface area is 130 Å². The summed E-state index contributed by atoms with van der Waals surface area (Å²) in [7, 11) is 0. The molecule has 0 aromatic heterocycles. The van der Waals surface area contributed by atoms with E-state index in [2.05, 4.69) is 29.7 Å². The van der Waals surface area contributed by atoms with Crippen molar-refractivity contribution in [3.05, 3.63) is 35.9 Å². The standard InChI is InChI=1S/C16H24N2O2S/c1-12(14-6-4-3-5-7-14)13(2)18-15(19)17-10-16(20)8-9-21-11-16/h3-7,12-13,20H,8-11H2,1-2H3,(H2,17,18,19). The van der Waals surface area contributed by atoms with Crippen molar-refractivity contribution in [2.45, 2.75) is 37.8 Å². The molecule has 4 nitrogen and oxygen atoms in total. The van der Waals surface area contributed by atoms with Gasteiger partial charge in [-0.15, -0.1) is 0 Å². The highest BCUT2D eigenvalue weighted by atomic mass is 32.2. The zero-order valence-corrected chi connectivity index (χ0v) is 13.5. The average molecular weight is 308 g/mol. The van der Waals surface area contributed by atoms with Crippen LogP contribution >= 0.6 is 11.8 Å². The van der Waals surface area contributed by atoms with Crippen molar-refractivity contribution in [1.82, 2.24) is 10.6 Å². The smallest absolute Gasteiger partial charge is 0.315 e. The van der Waals surface area contributed by atoms with Gasteiger partial charge in [0.1, 0.15) is 0 Å². The molecule has 3 unspecified atom stereocenters. The number of amides is 2. The molecule has 0 spiro atoms. The number of aliphatic hydroxyl groups is 1. The molecule has 21 heavy (non-hydrogen) atoms. The molecule has 1 aliphatic rings. The van der Waals surface area contributed by atoms with Gasteiger partial charge in [0.05, 0.1) is 5.60 Å². The summed E-state index contributed by atoms with van der Waals surface area (Å²) in [6.07, 6.45) is 0.744. The van der Waals surface area contributed by atoms with E-state index in [1.165, 1.54) is 5.56 Å². The summed E-state index contributed by atoms with van der Waals surface area (Å²) in [5.41, 5.74) is 0.465. The predicted molar refractivity (Wildman–Crippen MR) is 87.7 cm³/mol. The van der Waals surface area contributed by atoms with Crippen LogP contribution in [0, 0.1) is 0 Å². The Bertz CT molecular complexity index is 461. The van der Waals surface area contributed by atoms with Crippen molar-refractivity contribution >= 4 is 17.8 Å². The van der Waals surface area contributed by atoms with Crippen LogP contribution in [-0.4, -0.2) is 40.8 Å². The van der Waals surface area contributed by atoms with Gasteiger partial charge in [-0.3, -0.25) is 0 Å². The van der Waals surface area contributed by atoms with Crippen LogP contribution in [0.3, 0.4) is 0 Å². The zero-order valence-electron chi connectivity index (χ0n) is 12.6. The molecule has 1 fully saturated rings. The quantitative estimate of drug-likeness (QED) is 0.782. The Kier molecular flexibility index (Phi) is 5.53. The molecule has 0 aliphatic carbocycles. The fraction of sp³-hybridized carbons (Fsp3) is 0.562. The predicted octanol–water partition coefficient (Wildman–Crippen LogP) is 2.35. The first-order chi connectivity index (χ1) is 10.0. The maximum Gasteiger partial charge on any atom is 0.315 e. The third-order valence-corrected chi connectivity index (χ3v) is 5.33. The number of rotatable bonds is 5. The number of hydrogen-bond donors (Lipinski definition) is 3. The first-order valence-electron chi connectivity index (χ1n) is 7.40. The number of benzene rings is 1. The van der Waals surface area contributed by atoms with E-state index in [1.807, 2.05) is 25.1 Å². The molecule has 1 aromatic rings. The molecule has 1 heterocycles. The number of carbonyl (C=O) groups excluding carboxylic acids is 1. The van der Waals surface area contributed by atoms with Gasteiger partial charge in [-0.05, 0) is 24.7 Å². The minimum atomic E-state index is -0.740. The van der Waals surface area contributed by atoms with Crippen LogP contribution in [-0.2, 0) is 0 Å². The summed E-state index contributed by atoms with van der Waals surface area (Å²) in [6, 6.07) is 9.95. The van der Waals surface area contributed by atoms with Crippen LogP contribution in [0.4, 0.5) is 4.79 Å². The summed E-state index contributed by atoms with van der Waals surface area (Å²) in [5.74, 6) is 1.90. The van der Waals surface area contributed by atoms with E-state index in [9.17, 15) is 9.90 Å². The van der Waals surface area contributed by atoms with Crippen molar-refractivity contribution < 1.29 is 9.90 Å². The minimum absolute atomic E-state index is 0.0278. The molecule has 2 rings (SSSR count). The van der Waals surface area contributed by atoms with Crippen molar-refractivity contribution in [3.8, 4) is 0 Å². The minimum Gasteiger partial charge on any atom is -0.387 e. The molecule has 2 amide bonds. The largest absolute Gasteiger partial charge is 0.387 e. The fourth-order valence-corrected chi connectivity index (χ4v) is 3.70. The van der Waals surface area contributed by atoms with Crippen LogP contribution in [0.5, 0.6) is 0 Å². The molecule has 0 bridgehead atoms. The van der Waals surface area contributed by atoms with E-state index in [0.717, 1.165) is 12.2 Å². The fourth-order valence-electron chi connectivity index (χ4n) is 2.41. The van der Waals surface area contributed by atoms with Crippen LogP contribution in [0.2, 0.25) is 0 Å². The second-order valence-corrected chi connectivity index (χ2v) is 6.95. The molecule has 1 aromatic carbocycles. The van der Waals surface area contributed by atoms with E-state index in [-0.39, 0.29) is 18.0 Å². The highest BCUT2D eigenvalue weighted by Crippen LogP contribution is 2.27. The summed E-state index contributed by atoms with van der Waals surface area (Å²) in [5, 5.41) is 15.9. The lowest BCUT2D eigenvalue weighted by Crippen LogP contribution is -2.49. The second-order valence-electron chi connectivity index (χ2n) is 5.84. The van der Waals surface area contributed by atoms with E-state index < -0.39 is 5.60 Å². The maximum absolute atomic E-state index is 11.9. The molecule has 0 radical (unpaired) electrons. The monoisotopic (exact) mass is 308 g/mol. The van der Waals surface area contributed by atoms with E-state index in [0.29, 0.717) is 12.3 Å². The van der Waals surface area contributed by atoms with E-state index >= 15 is 0 Å². The molecule has 3 atom stereocenters. The first-order valence-corrected chi connectivity index (χ1v) is 8.55. The SMILES string of the molecule is CC(NC(=O)NCC1(O)CCSC1)C(C)c1ccccc1. The Balaban J connectivity index is 1.79. The van der Waals surface area contributed by atoms with Gasteiger partial charge in [-0.25, -0.2) is 4.79 Å². The average Bonchev–Trinajstić information content (AvgIpc) is 2.92. The molecule has 3 N–H and O–H groups in total. The number of urea groups is 1. The number of carbonyl (C=O) groups is 1. The van der Waals surface area contributed by atoms with Crippen molar-refractivity contribution in [3.63, 3.8) is 0 Å². The van der Waals surface area contributed by atoms with Gasteiger partial charge in [0.25, 0.3) is 0 Å². The van der Waals surface area contributed by atoms with Crippen LogP contribution in [0.25, 0.3) is 0 Å². The molecule has 1 saturated heterocycles. The Morgan fingerprint density at radius 2 is 2.10 bits per heavy atom. The van der Waals surface area contributed by atoms with Gasteiger partial charge in [-0.1, -0.05) is 37.3 Å². The highest BCUT2D eigenvalue weighted by molar-refractivity contribution is 7.99. The van der Waals surface area contributed by atoms with Gasteiger partial charge in [0, 0.05) is 24.3 Å². The van der Waals surface area contributed by atoms with Gasteiger partial charge in [0.15, 0.2) is 0 Å². The molecule has 5 heteroatoms. The summed E-state index contributed by atoms with van der Waals surface area (Å²) in [4.78, 5) is 11.9. The lowest BCUT2D eigenvalue weighted by molar-refractivity contribution is 0.0698. The van der Waals surface area contributed by atoms with E-state index in [4.69, 9.17) is 0 Å². The number of thioether (sulfide) groups is 1. The summed E-state index contributed by atoms with van der Waals surface area (Å²) < 4.78 is 0. The van der Waals surface area contributed by atoms with Crippen molar-refractivity contribution in [1.29, 1.82) is 0 Å². The van der Waals surface area contributed by atoms with Crippen LogP contribution in [0.1, 0.15) is 31.7 Å². The number of hydrogen-bond acceptors (Lipinski definition) is 3. The molecular weight excluding hydrogens is 284 g/mol. The second kappa shape index (κ2) is 7.18. The molecule has 116 valence electrons. The molecule has 0 saturated carbocycles. The summed E-state index contributed by atoms with van der Waals surface area (Å²) in [6.45, 7) is 4.41. The lowest BCUT2D eigenvalue weighted by Gasteiger charge is -2.25. The van der Waals surface area contributed by atoms with Gasteiger partial charge >= 0.3 is 6.03 Å². The van der Waals surface area contributed by atoms with Gasteiger partial charge in [-0.2, -0.15) is 11.8 Å². The summed E-state index contributed by atoms with van der Waals surface area (Å²) >= 11 is 1.73. The molecular formula is C16H24N2O2S. The third-order valence-electron chi connectivity index (χ3n) is 4.09. The Hall–Kier alpha value is -1.20. The Morgan fingerprint density at radius 3 is 2.71 bits per heavy atom. The van der Waals surface area contributed by atoms with E-state index in [1.54, 1.807) is 11.8 Å². The van der Waals surface area contributed by atoms with Crippen LogP contribution < -0.4 is 10.6 Å². The zero-order chi connectivity index (χ0) is 15.3. The normalized spacial score (nSPS) is 24.3. The number of nitrogens with one attached hydrogen (secondary N) is 2. The van der Waals surface area contributed by atoms with Gasteiger partial charge < -0.3 is 15.7 Å². The van der Waals surface area contributed by atoms with Crippen molar-refractivity contribution in [2.75, 3.05) is 18.1 Å². The lowest BCUT2D eigenvalue weighted by atomic mass is 9.94. The Morgan fingerprint density at radius 1 is 1.38 bits per heavy atom. The molecule has 1 aliphatic heterocycles. The highest BCUT2D eigenvalue weighted by Gasteiger charge is 2.32.